The Hall–Kier alpha value is -3.97. The van der Waals surface area contributed by atoms with Crippen LogP contribution in [0.2, 0.25) is 0 Å². The van der Waals surface area contributed by atoms with Crippen molar-refractivity contribution in [1.82, 2.24) is 9.97 Å². The highest BCUT2D eigenvalue weighted by Crippen LogP contribution is 2.30. The molecular weight excluding hydrogens is 422 g/mol. The molecule has 0 aliphatic carbocycles. The SMILES string of the molecule is COc1ccc(/C=C/C(=O)Nc2cccc(-c3csc(-c4ccncc4)n3)c2)cc1OC. The van der Waals surface area contributed by atoms with Gasteiger partial charge in [0.05, 0.1) is 19.9 Å². The van der Waals surface area contributed by atoms with Gasteiger partial charge in [-0.25, -0.2) is 4.98 Å². The lowest BCUT2D eigenvalue weighted by Gasteiger charge is -2.07. The van der Waals surface area contributed by atoms with Crippen molar-refractivity contribution in [3.8, 4) is 33.3 Å². The largest absolute Gasteiger partial charge is 0.493 e. The summed E-state index contributed by atoms with van der Waals surface area (Å²) < 4.78 is 10.5. The number of ether oxygens (including phenoxy) is 2. The van der Waals surface area contributed by atoms with E-state index in [0.717, 1.165) is 27.4 Å². The Kier molecular flexibility index (Phi) is 6.57. The summed E-state index contributed by atoms with van der Waals surface area (Å²) in [5, 5.41) is 5.83. The molecule has 0 bridgehead atoms. The summed E-state index contributed by atoms with van der Waals surface area (Å²) in [6, 6.07) is 17.0. The van der Waals surface area contributed by atoms with Crippen LogP contribution in [0.25, 0.3) is 27.9 Å². The fourth-order valence-electron chi connectivity index (χ4n) is 3.10. The monoisotopic (exact) mass is 443 g/mol. The predicted molar refractivity (Wildman–Crippen MR) is 128 cm³/mol. The summed E-state index contributed by atoms with van der Waals surface area (Å²) in [6.07, 6.45) is 6.71. The van der Waals surface area contributed by atoms with Gasteiger partial charge in [0.2, 0.25) is 5.91 Å². The van der Waals surface area contributed by atoms with Crippen molar-refractivity contribution in [3.05, 3.63) is 84.0 Å². The molecule has 0 fully saturated rings. The number of carbonyl (C=O) groups excluding carboxylic acids is 1. The first-order valence-corrected chi connectivity index (χ1v) is 10.7. The molecule has 32 heavy (non-hydrogen) atoms. The number of aromatic nitrogens is 2. The molecule has 4 rings (SSSR count). The van der Waals surface area contributed by atoms with E-state index >= 15 is 0 Å². The van der Waals surface area contributed by atoms with Gasteiger partial charge in [-0.15, -0.1) is 11.3 Å². The molecule has 2 heterocycles. The maximum atomic E-state index is 12.4. The molecular formula is C25H21N3O3S. The Morgan fingerprint density at radius 2 is 1.78 bits per heavy atom. The molecule has 2 aromatic carbocycles. The first-order chi connectivity index (χ1) is 15.7. The van der Waals surface area contributed by atoms with E-state index in [-0.39, 0.29) is 5.91 Å². The highest BCUT2D eigenvalue weighted by molar-refractivity contribution is 7.13. The quantitative estimate of drug-likeness (QED) is 0.380. The summed E-state index contributed by atoms with van der Waals surface area (Å²) in [5.41, 5.74) is 4.35. The van der Waals surface area contributed by atoms with Crippen LogP contribution in [0.1, 0.15) is 5.56 Å². The zero-order valence-electron chi connectivity index (χ0n) is 17.6. The Labute approximate surface area is 190 Å². The lowest BCUT2D eigenvalue weighted by atomic mass is 10.1. The number of hydrogen-bond acceptors (Lipinski definition) is 6. The fraction of sp³-hybridized carbons (Fsp3) is 0.0800. The van der Waals surface area contributed by atoms with E-state index in [1.54, 1.807) is 50.1 Å². The van der Waals surface area contributed by atoms with Gasteiger partial charge in [0.25, 0.3) is 0 Å². The molecule has 0 saturated heterocycles. The zero-order chi connectivity index (χ0) is 22.3. The smallest absolute Gasteiger partial charge is 0.248 e. The van der Waals surface area contributed by atoms with Gasteiger partial charge in [-0.3, -0.25) is 9.78 Å². The molecule has 0 unspecified atom stereocenters. The normalized spacial score (nSPS) is 10.8. The maximum absolute atomic E-state index is 12.4. The third-order valence-electron chi connectivity index (χ3n) is 4.69. The maximum Gasteiger partial charge on any atom is 0.248 e. The van der Waals surface area contributed by atoms with Gasteiger partial charge >= 0.3 is 0 Å². The van der Waals surface area contributed by atoms with Gasteiger partial charge in [-0.1, -0.05) is 18.2 Å². The average molecular weight is 444 g/mol. The second kappa shape index (κ2) is 9.89. The molecule has 7 heteroatoms. The van der Waals surface area contributed by atoms with Crippen molar-refractivity contribution in [2.75, 3.05) is 19.5 Å². The number of carbonyl (C=O) groups is 1. The molecule has 4 aromatic rings. The van der Waals surface area contributed by atoms with E-state index in [0.29, 0.717) is 17.2 Å². The van der Waals surface area contributed by atoms with Crippen LogP contribution in [0.4, 0.5) is 5.69 Å². The van der Waals surface area contributed by atoms with Crippen LogP contribution in [0.3, 0.4) is 0 Å². The second-order valence-corrected chi connectivity index (χ2v) is 7.65. The molecule has 1 amide bonds. The molecule has 2 aromatic heterocycles. The molecule has 0 radical (unpaired) electrons. The van der Waals surface area contributed by atoms with Gasteiger partial charge in [0.1, 0.15) is 5.01 Å². The second-order valence-electron chi connectivity index (χ2n) is 6.79. The first kappa shape index (κ1) is 21.3. The molecule has 1 N–H and O–H groups in total. The minimum absolute atomic E-state index is 0.229. The molecule has 0 aliphatic heterocycles. The van der Waals surface area contributed by atoms with E-state index < -0.39 is 0 Å². The van der Waals surface area contributed by atoms with Crippen LogP contribution in [0, 0.1) is 0 Å². The summed E-state index contributed by atoms with van der Waals surface area (Å²) in [7, 11) is 3.16. The number of rotatable bonds is 7. The Morgan fingerprint density at radius 1 is 0.969 bits per heavy atom. The topological polar surface area (TPSA) is 73.3 Å². The zero-order valence-corrected chi connectivity index (χ0v) is 18.4. The van der Waals surface area contributed by atoms with Crippen molar-refractivity contribution in [2.24, 2.45) is 0 Å². The van der Waals surface area contributed by atoms with Crippen LogP contribution >= 0.6 is 11.3 Å². The van der Waals surface area contributed by atoms with Gasteiger partial charge < -0.3 is 14.8 Å². The van der Waals surface area contributed by atoms with E-state index in [1.165, 1.54) is 6.08 Å². The fourth-order valence-corrected chi connectivity index (χ4v) is 3.94. The summed E-state index contributed by atoms with van der Waals surface area (Å²) in [5.74, 6) is 1.02. The minimum atomic E-state index is -0.229. The van der Waals surface area contributed by atoms with Crippen molar-refractivity contribution in [1.29, 1.82) is 0 Å². The van der Waals surface area contributed by atoms with Crippen LogP contribution < -0.4 is 14.8 Å². The first-order valence-electron chi connectivity index (χ1n) is 9.84. The Balaban J connectivity index is 1.46. The standard InChI is InChI=1S/C25H21N3O3S/c1-30-22-8-6-17(14-23(22)31-2)7-9-24(29)27-20-5-3-4-19(15-20)21-16-32-25(28-21)18-10-12-26-13-11-18/h3-16H,1-2H3,(H,27,29)/b9-7+. The number of methoxy groups -OCH3 is 2. The van der Waals surface area contributed by atoms with E-state index in [9.17, 15) is 4.79 Å². The summed E-state index contributed by atoms with van der Waals surface area (Å²) in [6.45, 7) is 0. The molecule has 6 nitrogen and oxygen atoms in total. The van der Waals surface area contributed by atoms with Crippen LogP contribution in [-0.2, 0) is 4.79 Å². The number of nitrogens with zero attached hydrogens (tertiary/aromatic N) is 2. The third-order valence-corrected chi connectivity index (χ3v) is 5.58. The van der Waals surface area contributed by atoms with Crippen molar-refractivity contribution < 1.29 is 14.3 Å². The third kappa shape index (κ3) is 5.01. The Bertz CT molecular complexity index is 1250. The number of benzene rings is 2. The number of pyridine rings is 1. The van der Waals surface area contributed by atoms with Crippen molar-refractivity contribution in [3.63, 3.8) is 0 Å². The van der Waals surface area contributed by atoms with Crippen molar-refractivity contribution in [2.45, 2.75) is 0 Å². The highest BCUT2D eigenvalue weighted by Gasteiger charge is 2.08. The lowest BCUT2D eigenvalue weighted by Crippen LogP contribution is -2.07. The molecule has 0 saturated carbocycles. The van der Waals surface area contributed by atoms with Gasteiger partial charge in [-0.05, 0) is 48.0 Å². The van der Waals surface area contributed by atoms with Crippen molar-refractivity contribution >= 4 is 29.0 Å². The summed E-state index contributed by atoms with van der Waals surface area (Å²) >= 11 is 1.57. The number of amides is 1. The van der Waals surface area contributed by atoms with Crippen LogP contribution in [0.15, 0.2) is 78.4 Å². The van der Waals surface area contributed by atoms with Gasteiger partial charge in [0, 0.05) is 40.7 Å². The summed E-state index contributed by atoms with van der Waals surface area (Å²) in [4.78, 5) is 21.2. The molecule has 0 spiro atoms. The van der Waals surface area contributed by atoms with Gasteiger partial charge in [0.15, 0.2) is 11.5 Å². The predicted octanol–water partition coefficient (Wildman–Crippen LogP) is 5.54. The van der Waals surface area contributed by atoms with E-state index in [4.69, 9.17) is 14.5 Å². The number of hydrogen-bond donors (Lipinski definition) is 1. The highest BCUT2D eigenvalue weighted by atomic mass is 32.1. The van der Waals surface area contributed by atoms with E-state index in [2.05, 4.69) is 10.3 Å². The Morgan fingerprint density at radius 3 is 2.56 bits per heavy atom. The lowest BCUT2D eigenvalue weighted by molar-refractivity contribution is -0.111. The van der Waals surface area contributed by atoms with Crippen LogP contribution in [0.5, 0.6) is 11.5 Å². The molecule has 0 aliphatic rings. The van der Waals surface area contributed by atoms with E-state index in [1.807, 2.05) is 53.9 Å². The molecule has 0 atom stereocenters. The van der Waals surface area contributed by atoms with Crippen LogP contribution in [-0.4, -0.2) is 30.1 Å². The average Bonchev–Trinajstić information content (AvgIpc) is 3.34. The molecule has 160 valence electrons. The number of anilines is 1. The number of thiazole rings is 1. The minimum Gasteiger partial charge on any atom is -0.493 e. The number of nitrogens with one attached hydrogen (secondary N) is 1. The van der Waals surface area contributed by atoms with Gasteiger partial charge in [-0.2, -0.15) is 0 Å².